The molecule has 2 saturated heterocycles. The molecule has 1 amide bonds. The van der Waals surface area contributed by atoms with E-state index in [-0.39, 0.29) is 30.7 Å². The maximum absolute atomic E-state index is 13.4. The van der Waals surface area contributed by atoms with Crippen molar-refractivity contribution < 1.29 is 35.2 Å². The minimum atomic E-state index is -4.65. The molecule has 2 aliphatic heterocycles. The minimum absolute atomic E-state index is 0.0371. The fourth-order valence-electron chi connectivity index (χ4n) is 4.27. The van der Waals surface area contributed by atoms with Crippen LogP contribution in [0.4, 0.5) is 22.0 Å². The summed E-state index contributed by atoms with van der Waals surface area (Å²) < 4.78 is 92.5. The Kier molecular flexibility index (Phi) is 6.62. The number of carbonyl (C=O) groups excluding carboxylic acids is 1. The summed E-state index contributed by atoms with van der Waals surface area (Å²) in [4.78, 5) is 14.0. The van der Waals surface area contributed by atoms with Gasteiger partial charge in [-0.2, -0.15) is 17.5 Å². The van der Waals surface area contributed by atoms with E-state index in [9.17, 15) is 35.2 Å². The number of hydrogen-bond acceptors (Lipinski definition) is 4. The molecule has 4 rings (SSSR count). The Labute approximate surface area is 197 Å². The molecule has 0 unspecified atom stereocenters. The lowest BCUT2D eigenvalue weighted by Crippen LogP contribution is -2.52. The quantitative estimate of drug-likeness (QED) is 0.623. The summed E-state index contributed by atoms with van der Waals surface area (Å²) in [6.07, 6.45) is -4.25. The van der Waals surface area contributed by atoms with Crippen LogP contribution in [-0.4, -0.2) is 61.8 Å². The second kappa shape index (κ2) is 9.06. The van der Waals surface area contributed by atoms with Crippen molar-refractivity contribution in [3.63, 3.8) is 0 Å². The van der Waals surface area contributed by atoms with Gasteiger partial charge in [0.2, 0.25) is 10.0 Å². The second-order valence-electron chi connectivity index (χ2n) is 8.19. The van der Waals surface area contributed by atoms with E-state index in [0.29, 0.717) is 31.6 Å². The maximum atomic E-state index is 13.4. The van der Waals surface area contributed by atoms with Crippen LogP contribution in [-0.2, 0) is 16.2 Å². The van der Waals surface area contributed by atoms with Gasteiger partial charge in [-0.1, -0.05) is 11.6 Å². The summed E-state index contributed by atoms with van der Waals surface area (Å²) in [5.74, 6) is -2.78. The van der Waals surface area contributed by atoms with Crippen molar-refractivity contribution >= 4 is 27.5 Å². The predicted molar refractivity (Wildman–Crippen MR) is 113 cm³/mol. The molecule has 2 aromatic carbocycles. The predicted octanol–water partition coefficient (Wildman–Crippen LogP) is 3.51. The number of amides is 1. The van der Waals surface area contributed by atoms with Gasteiger partial charge in [-0.25, -0.2) is 17.2 Å². The standard InChI is InChI=1S/C21H19ClF5N3O3S/c22-16-8-13(21(25,26)27)2-4-19(16)34(32,33)30-6-5-29-10-14(9-15(29)11-30)28-20(31)12-1-3-17(23)18(24)7-12/h1-4,7-8,14-15H,5-6,9-11H2,(H,28,31)/t14-,15-/m0/s1. The average Bonchev–Trinajstić information content (AvgIpc) is 3.16. The van der Waals surface area contributed by atoms with Crippen LogP contribution in [0.25, 0.3) is 0 Å². The van der Waals surface area contributed by atoms with E-state index >= 15 is 0 Å². The molecule has 6 nitrogen and oxygen atoms in total. The summed E-state index contributed by atoms with van der Waals surface area (Å²) >= 11 is 5.90. The molecule has 13 heteroatoms. The highest BCUT2D eigenvalue weighted by Crippen LogP contribution is 2.35. The van der Waals surface area contributed by atoms with Crippen molar-refractivity contribution in [1.29, 1.82) is 0 Å². The number of nitrogens with one attached hydrogen (secondary N) is 1. The van der Waals surface area contributed by atoms with Gasteiger partial charge in [-0.05, 0) is 42.8 Å². The fraction of sp³-hybridized carbons (Fsp3) is 0.381. The molecular weight excluding hydrogens is 505 g/mol. The van der Waals surface area contributed by atoms with Gasteiger partial charge >= 0.3 is 6.18 Å². The number of halogens is 6. The van der Waals surface area contributed by atoms with Gasteiger partial charge in [0, 0.05) is 43.8 Å². The SMILES string of the molecule is O=C(N[C@H]1C[C@H]2CN(S(=O)(=O)c3ccc(C(F)(F)F)cc3Cl)CCN2C1)c1ccc(F)c(F)c1. The third-order valence-electron chi connectivity index (χ3n) is 5.97. The van der Waals surface area contributed by atoms with Crippen LogP contribution < -0.4 is 5.32 Å². The van der Waals surface area contributed by atoms with Gasteiger partial charge in [0.25, 0.3) is 5.91 Å². The topological polar surface area (TPSA) is 69.7 Å². The monoisotopic (exact) mass is 523 g/mol. The summed E-state index contributed by atoms with van der Waals surface area (Å²) in [7, 11) is -4.14. The van der Waals surface area contributed by atoms with Gasteiger partial charge in [0.15, 0.2) is 11.6 Å². The van der Waals surface area contributed by atoms with Crippen LogP contribution in [0.5, 0.6) is 0 Å². The Hall–Kier alpha value is -2.28. The molecule has 2 fully saturated rings. The lowest BCUT2D eigenvalue weighted by molar-refractivity contribution is -0.137. The molecule has 0 aromatic heterocycles. The molecule has 2 heterocycles. The molecule has 0 aliphatic carbocycles. The molecule has 2 aromatic rings. The van der Waals surface area contributed by atoms with E-state index in [1.165, 1.54) is 4.31 Å². The van der Waals surface area contributed by atoms with Crippen molar-refractivity contribution in [2.75, 3.05) is 26.2 Å². The molecular formula is C21H19ClF5N3O3S. The van der Waals surface area contributed by atoms with E-state index in [0.717, 1.165) is 24.3 Å². The Morgan fingerprint density at radius 1 is 1.03 bits per heavy atom. The van der Waals surface area contributed by atoms with Crippen molar-refractivity contribution in [1.82, 2.24) is 14.5 Å². The lowest BCUT2D eigenvalue weighted by Gasteiger charge is -2.36. The molecule has 184 valence electrons. The number of benzene rings is 2. The highest BCUT2D eigenvalue weighted by atomic mass is 35.5. The molecule has 0 bridgehead atoms. The summed E-state index contributed by atoms with van der Waals surface area (Å²) in [5, 5.41) is 2.23. The number of piperazine rings is 1. The Bertz CT molecular complexity index is 1220. The smallest absolute Gasteiger partial charge is 0.348 e. The van der Waals surface area contributed by atoms with Crippen LogP contribution in [0, 0.1) is 11.6 Å². The Morgan fingerprint density at radius 3 is 2.41 bits per heavy atom. The largest absolute Gasteiger partial charge is 0.416 e. The first-order valence-corrected chi connectivity index (χ1v) is 12.0. The molecule has 0 spiro atoms. The molecule has 2 atom stereocenters. The van der Waals surface area contributed by atoms with Gasteiger partial charge in [0.1, 0.15) is 4.90 Å². The third kappa shape index (κ3) is 4.90. The fourth-order valence-corrected chi connectivity index (χ4v) is 6.26. The van der Waals surface area contributed by atoms with Crippen molar-refractivity contribution in [2.24, 2.45) is 0 Å². The van der Waals surface area contributed by atoms with Gasteiger partial charge in [-0.15, -0.1) is 0 Å². The summed E-state index contributed by atoms with van der Waals surface area (Å²) in [6, 6.07) is 4.35. The van der Waals surface area contributed by atoms with Gasteiger partial charge in [0.05, 0.1) is 10.6 Å². The minimum Gasteiger partial charge on any atom is -0.348 e. The lowest BCUT2D eigenvalue weighted by atomic mass is 10.1. The van der Waals surface area contributed by atoms with E-state index < -0.39 is 49.2 Å². The number of carbonyl (C=O) groups is 1. The number of rotatable bonds is 4. The van der Waals surface area contributed by atoms with E-state index in [4.69, 9.17) is 11.6 Å². The first kappa shape index (κ1) is 24.8. The molecule has 34 heavy (non-hydrogen) atoms. The highest BCUT2D eigenvalue weighted by molar-refractivity contribution is 7.89. The van der Waals surface area contributed by atoms with Crippen LogP contribution in [0.1, 0.15) is 22.3 Å². The summed E-state index contributed by atoms with van der Waals surface area (Å²) in [6.45, 7) is 0.950. The third-order valence-corrected chi connectivity index (χ3v) is 8.32. The van der Waals surface area contributed by atoms with E-state index in [1.807, 2.05) is 4.90 Å². The van der Waals surface area contributed by atoms with E-state index in [2.05, 4.69) is 5.32 Å². The molecule has 2 aliphatic rings. The zero-order valence-corrected chi connectivity index (χ0v) is 19.0. The zero-order chi connectivity index (χ0) is 24.8. The zero-order valence-electron chi connectivity index (χ0n) is 17.4. The Morgan fingerprint density at radius 2 is 1.76 bits per heavy atom. The molecule has 0 saturated carbocycles. The number of nitrogens with zero attached hydrogens (tertiary/aromatic N) is 2. The van der Waals surface area contributed by atoms with E-state index in [1.54, 1.807) is 0 Å². The van der Waals surface area contributed by atoms with Crippen LogP contribution in [0.3, 0.4) is 0 Å². The average molecular weight is 524 g/mol. The van der Waals surface area contributed by atoms with Gasteiger partial charge < -0.3 is 5.32 Å². The van der Waals surface area contributed by atoms with Crippen LogP contribution in [0.15, 0.2) is 41.3 Å². The van der Waals surface area contributed by atoms with Crippen LogP contribution >= 0.6 is 11.6 Å². The summed E-state index contributed by atoms with van der Waals surface area (Å²) in [5.41, 5.74) is -1.08. The number of alkyl halides is 3. The van der Waals surface area contributed by atoms with Crippen molar-refractivity contribution in [2.45, 2.75) is 29.6 Å². The first-order chi connectivity index (χ1) is 15.9. The van der Waals surface area contributed by atoms with Crippen LogP contribution in [0.2, 0.25) is 5.02 Å². The first-order valence-electron chi connectivity index (χ1n) is 10.2. The number of hydrogen-bond donors (Lipinski definition) is 1. The number of sulfonamides is 1. The van der Waals surface area contributed by atoms with Crippen molar-refractivity contribution in [3.8, 4) is 0 Å². The Balaban J connectivity index is 1.43. The highest BCUT2D eigenvalue weighted by Gasteiger charge is 2.41. The normalized spacial score (nSPS) is 21.9. The van der Waals surface area contributed by atoms with Crippen molar-refractivity contribution in [3.05, 3.63) is 64.2 Å². The number of fused-ring (bicyclic) bond motifs is 1. The molecule has 0 radical (unpaired) electrons. The second-order valence-corrected chi connectivity index (χ2v) is 10.5. The van der Waals surface area contributed by atoms with Gasteiger partial charge in [-0.3, -0.25) is 9.69 Å². The maximum Gasteiger partial charge on any atom is 0.416 e. The molecule has 1 N–H and O–H groups in total.